The van der Waals surface area contributed by atoms with Crippen LogP contribution in [0, 0.1) is 0 Å². The van der Waals surface area contributed by atoms with Gasteiger partial charge in [0.25, 0.3) is 6.43 Å². The molecular formula is C10H7BrF5NO2. The Morgan fingerprint density at radius 3 is 2.47 bits per heavy atom. The molecule has 0 aromatic carbocycles. The van der Waals surface area contributed by atoms with E-state index in [2.05, 4.69) is 25.7 Å². The first-order valence-corrected chi connectivity index (χ1v) is 5.70. The zero-order valence-corrected chi connectivity index (χ0v) is 11.0. The molecule has 0 atom stereocenters. The van der Waals surface area contributed by atoms with Gasteiger partial charge in [-0.2, -0.15) is 13.2 Å². The third-order valence-corrected chi connectivity index (χ3v) is 2.81. The van der Waals surface area contributed by atoms with E-state index in [9.17, 15) is 26.7 Å². The molecule has 0 amide bonds. The van der Waals surface area contributed by atoms with Crippen LogP contribution in [-0.2, 0) is 10.9 Å². The van der Waals surface area contributed by atoms with Crippen LogP contribution in [0.3, 0.4) is 0 Å². The van der Waals surface area contributed by atoms with Gasteiger partial charge >= 0.3 is 12.1 Å². The molecule has 0 radical (unpaired) electrons. The van der Waals surface area contributed by atoms with E-state index in [0.717, 1.165) is 0 Å². The summed E-state index contributed by atoms with van der Waals surface area (Å²) in [6, 6.07) is 0.571. The van der Waals surface area contributed by atoms with E-state index in [1.165, 1.54) is 6.92 Å². The molecule has 0 saturated heterocycles. The van der Waals surface area contributed by atoms with E-state index in [4.69, 9.17) is 0 Å². The van der Waals surface area contributed by atoms with Crippen molar-refractivity contribution in [1.82, 2.24) is 4.98 Å². The summed E-state index contributed by atoms with van der Waals surface area (Å²) in [5, 5.41) is 0. The number of aromatic nitrogens is 1. The second-order valence-electron chi connectivity index (χ2n) is 3.28. The minimum atomic E-state index is -4.97. The van der Waals surface area contributed by atoms with Gasteiger partial charge < -0.3 is 4.74 Å². The SMILES string of the molecule is CCOC(=O)c1cc(C(F)F)c(Br)c(C(F)(F)F)n1. The number of esters is 1. The molecular weight excluding hydrogens is 341 g/mol. The number of hydrogen-bond acceptors (Lipinski definition) is 3. The average molecular weight is 348 g/mol. The van der Waals surface area contributed by atoms with Crippen molar-refractivity contribution in [1.29, 1.82) is 0 Å². The molecule has 0 fully saturated rings. The van der Waals surface area contributed by atoms with E-state index in [1.807, 2.05) is 0 Å². The van der Waals surface area contributed by atoms with E-state index in [1.54, 1.807) is 0 Å². The van der Waals surface area contributed by atoms with Gasteiger partial charge in [0.1, 0.15) is 5.69 Å². The fourth-order valence-electron chi connectivity index (χ4n) is 1.21. The number of halogens is 6. The quantitative estimate of drug-likeness (QED) is 0.613. The second-order valence-corrected chi connectivity index (χ2v) is 4.07. The first-order valence-electron chi connectivity index (χ1n) is 4.91. The first kappa shape index (κ1) is 15.8. The Morgan fingerprint density at radius 1 is 1.47 bits per heavy atom. The highest BCUT2D eigenvalue weighted by atomic mass is 79.9. The third-order valence-electron chi connectivity index (χ3n) is 1.97. The van der Waals surface area contributed by atoms with Gasteiger partial charge in [-0.05, 0) is 28.9 Å². The Hall–Kier alpha value is -1.25. The molecule has 0 aliphatic carbocycles. The number of hydrogen-bond donors (Lipinski definition) is 0. The molecule has 1 heterocycles. The molecule has 106 valence electrons. The standard InChI is InChI=1S/C10H7BrF5NO2/c1-2-19-9(18)5-3-4(8(12)13)6(11)7(17-5)10(14,15)16/h3,8H,2H2,1H3. The maximum atomic E-state index is 12.6. The minimum absolute atomic E-state index is 0.109. The zero-order chi connectivity index (χ0) is 14.8. The zero-order valence-electron chi connectivity index (χ0n) is 9.39. The van der Waals surface area contributed by atoms with Gasteiger partial charge in [-0.1, -0.05) is 0 Å². The summed E-state index contributed by atoms with van der Waals surface area (Å²) in [7, 11) is 0. The van der Waals surface area contributed by atoms with Gasteiger partial charge in [-0.3, -0.25) is 0 Å². The summed E-state index contributed by atoms with van der Waals surface area (Å²) < 4.78 is 66.7. The normalized spacial score (nSPS) is 11.8. The molecule has 0 N–H and O–H groups in total. The highest BCUT2D eigenvalue weighted by molar-refractivity contribution is 9.10. The van der Waals surface area contributed by atoms with Crippen molar-refractivity contribution >= 4 is 21.9 Å². The van der Waals surface area contributed by atoms with Crippen LogP contribution in [0.15, 0.2) is 10.5 Å². The molecule has 0 saturated carbocycles. The lowest BCUT2D eigenvalue weighted by molar-refractivity contribution is -0.142. The summed E-state index contributed by atoms with van der Waals surface area (Å²) in [6.45, 7) is 1.32. The number of carbonyl (C=O) groups is 1. The summed E-state index contributed by atoms with van der Waals surface area (Å²) >= 11 is 2.43. The summed E-state index contributed by atoms with van der Waals surface area (Å²) in [5.41, 5.74) is -3.37. The van der Waals surface area contributed by atoms with Crippen LogP contribution in [0.4, 0.5) is 22.0 Å². The molecule has 1 aromatic heterocycles. The van der Waals surface area contributed by atoms with Crippen molar-refractivity contribution < 1.29 is 31.5 Å². The predicted octanol–water partition coefficient (Wildman–Crippen LogP) is 3.98. The second kappa shape index (κ2) is 5.81. The van der Waals surface area contributed by atoms with Gasteiger partial charge in [-0.15, -0.1) is 0 Å². The highest BCUT2D eigenvalue weighted by Crippen LogP contribution is 2.38. The number of carbonyl (C=O) groups excluding carboxylic acids is 1. The molecule has 3 nitrogen and oxygen atoms in total. The van der Waals surface area contributed by atoms with Gasteiger partial charge in [0.05, 0.1) is 11.1 Å². The average Bonchev–Trinajstić information content (AvgIpc) is 2.27. The smallest absolute Gasteiger partial charge is 0.434 e. The van der Waals surface area contributed by atoms with Gasteiger partial charge in [0, 0.05) is 5.56 Å². The third kappa shape index (κ3) is 3.62. The monoisotopic (exact) mass is 347 g/mol. The van der Waals surface area contributed by atoms with Crippen molar-refractivity contribution in [3.8, 4) is 0 Å². The van der Waals surface area contributed by atoms with Crippen LogP contribution in [0.5, 0.6) is 0 Å². The molecule has 0 unspecified atom stereocenters. The van der Waals surface area contributed by atoms with Crippen LogP contribution in [0.2, 0.25) is 0 Å². The van der Waals surface area contributed by atoms with Crippen LogP contribution in [0.25, 0.3) is 0 Å². The number of rotatable bonds is 3. The van der Waals surface area contributed by atoms with Crippen molar-refractivity contribution in [3.05, 3.63) is 27.5 Å². The number of alkyl halides is 5. The van der Waals surface area contributed by atoms with E-state index < -0.39 is 40.0 Å². The summed E-state index contributed by atoms with van der Waals surface area (Å²) in [4.78, 5) is 14.3. The lowest BCUT2D eigenvalue weighted by atomic mass is 10.2. The highest BCUT2D eigenvalue weighted by Gasteiger charge is 2.38. The number of nitrogens with zero attached hydrogens (tertiary/aromatic N) is 1. The fourth-order valence-corrected chi connectivity index (χ4v) is 1.81. The van der Waals surface area contributed by atoms with Crippen molar-refractivity contribution in [2.24, 2.45) is 0 Å². The van der Waals surface area contributed by atoms with Crippen LogP contribution >= 0.6 is 15.9 Å². The number of pyridine rings is 1. The van der Waals surface area contributed by atoms with Crippen LogP contribution < -0.4 is 0 Å². The minimum Gasteiger partial charge on any atom is -0.461 e. The topological polar surface area (TPSA) is 39.2 Å². The molecule has 9 heteroatoms. The van der Waals surface area contributed by atoms with Crippen molar-refractivity contribution in [2.75, 3.05) is 6.61 Å². The summed E-state index contributed by atoms with van der Waals surface area (Å²) in [5.74, 6) is -1.19. The number of ether oxygens (including phenoxy) is 1. The van der Waals surface area contributed by atoms with Gasteiger partial charge in [0.15, 0.2) is 5.69 Å². The lowest BCUT2D eigenvalue weighted by Crippen LogP contribution is -2.16. The molecule has 0 aliphatic heterocycles. The molecule has 0 bridgehead atoms. The molecule has 0 aliphatic rings. The largest absolute Gasteiger partial charge is 0.461 e. The Labute approximate surface area is 112 Å². The molecule has 19 heavy (non-hydrogen) atoms. The Bertz CT molecular complexity index is 490. The van der Waals surface area contributed by atoms with E-state index >= 15 is 0 Å². The maximum absolute atomic E-state index is 12.6. The van der Waals surface area contributed by atoms with Crippen molar-refractivity contribution in [2.45, 2.75) is 19.5 Å². The molecule has 0 spiro atoms. The Kier molecular flexibility index (Phi) is 4.83. The van der Waals surface area contributed by atoms with E-state index in [0.29, 0.717) is 6.07 Å². The van der Waals surface area contributed by atoms with Crippen molar-refractivity contribution in [3.63, 3.8) is 0 Å². The van der Waals surface area contributed by atoms with Crippen LogP contribution in [-0.4, -0.2) is 17.6 Å². The van der Waals surface area contributed by atoms with E-state index in [-0.39, 0.29) is 6.61 Å². The Balaban J connectivity index is 3.44. The predicted molar refractivity (Wildman–Crippen MR) is 57.9 cm³/mol. The van der Waals surface area contributed by atoms with Gasteiger partial charge in [0.2, 0.25) is 0 Å². The molecule has 1 rings (SSSR count). The van der Waals surface area contributed by atoms with Crippen LogP contribution in [0.1, 0.15) is 35.1 Å². The summed E-state index contributed by atoms with van der Waals surface area (Å²) in [6.07, 6.45) is -8.16. The lowest BCUT2D eigenvalue weighted by Gasteiger charge is -2.13. The van der Waals surface area contributed by atoms with Gasteiger partial charge in [-0.25, -0.2) is 18.6 Å². The molecule has 1 aromatic rings. The first-order chi connectivity index (χ1) is 8.68. The maximum Gasteiger partial charge on any atom is 0.434 e. The fraction of sp³-hybridized carbons (Fsp3) is 0.400. The Morgan fingerprint density at radius 2 is 2.05 bits per heavy atom.